The van der Waals surface area contributed by atoms with Crippen LogP contribution >= 0.6 is 0 Å². The molecule has 1 aliphatic carbocycles. The van der Waals surface area contributed by atoms with Crippen molar-refractivity contribution < 1.29 is 4.39 Å². The second-order valence-corrected chi connectivity index (χ2v) is 10.3. The molecule has 1 saturated carbocycles. The van der Waals surface area contributed by atoms with Crippen molar-refractivity contribution in [3.05, 3.63) is 75.3 Å². The fraction of sp³-hybridized carbons (Fsp3) is 0.393. The number of nitrogens with one attached hydrogen (secondary N) is 1. The number of aromatic nitrogens is 2. The van der Waals surface area contributed by atoms with Gasteiger partial charge in [-0.3, -0.25) is 9.36 Å². The zero-order chi connectivity index (χ0) is 24.2. The lowest BCUT2D eigenvalue weighted by Crippen LogP contribution is -2.33. The first kappa shape index (κ1) is 22.0. The average molecular weight is 470 g/mol. The van der Waals surface area contributed by atoms with E-state index in [0.717, 1.165) is 39.0 Å². The molecule has 3 fully saturated rings. The lowest BCUT2D eigenvalue weighted by molar-refractivity contribution is 0.369. The van der Waals surface area contributed by atoms with Gasteiger partial charge in [-0.2, -0.15) is 5.26 Å². The van der Waals surface area contributed by atoms with Crippen molar-refractivity contribution in [1.29, 1.82) is 5.26 Å². The van der Waals surface area contributed by atoms with Gasteiger partial charge in [-0.1, -0.05) is 12.1 Å². The fourth-order valence-corrected chi connectivity index (χ4v) is 5.65. The molecule has 0 radical (unpaired) electrons. The summed E-state index contributed by atoms with van der Waals surface area (Å²) in [7, 11) is 0. The van der Waals surface area contributed by atoms with Crippen LogP contribution in [0, 0.1) is 29.5 Å². The molecule has 0 amide bonds. The van der Waals surface area contributed by atoms with E-state index in [0.29, 0.717) is 34.4 Å². The third kappa shape index (κ3) is 3.82. The molecular formula is C28H28FN5O. The molecule has 0 bridgehead atoms. The maximum absolute atomic E-state index is 14.6. The largest absolute Gasteiger partial charge is 0.356 e. The van der Waals surface area contributed by atoms with Gasteiger partial charge in [0, 0.05) is 30.6 Å². The lowest BCUT2D eigenvalue weighted by atomic mass is 9.87. The standard InChI is InChI=1S/C28H28FN5O/c1-18-25(33-13-11-28(17-33)10-12-31-16-28)32-26(21-4-5-22(15-30)24(29)14-21)34(27(18)35)23-8-6-20(7-9-23)19-2-3-19/h4-9,14,19,31H,2-3,10-13,16-17H2,1H3. The van der Waals surface area contributed by atoms with Crippen LogP contribution < -0.4 is 15.8 Å². The van der Waals surface area contributed by atoms with Crippen LogP contribution in [0.4, 0.5) is 10.2 Å². The third-order valence-corrected chi connectivity index (χ3v) is 7.90. The Hall–Kier alpha value is -3.50. The first-order chi connectivity index (χ1) is 17.0. The van der Waals surface area contributed by atoms with E-state index in [1.165, 1.54) is 30.5 Å². The summed E-state index contributed by atoms with van der Waals surface area (Å²) in [4.78, 5) is 21.0. The van der Waals surface area contributed by atoms with E-state index >= 15 is 0 Å². The van der Waals surface area contributed by atoms with Crippen molar-refractivity contribution in [2.24, 2.45) is 5.41 Å². The van der Waals surface area contributed by atoms with Crippen molar-refractivity contribution in [3.63, 3.8) is 0 Å². The first-order valence-electron chi connectivity index (χ1n) is 12.4. The quantitative estimate of drug-likeness (QED) is 0.617. The minimum Gasteiger partial charge on any atom is -0.356 e. The molecule has 2 saturated heterocycles. The highest BCUT2D eigenvalue weighted by atomic mass is 19.1. The van der Waals surface area contributed by atoms with E-state index < -0.39 is 5.82 Å². The van der Waals surface area contributed by atoms with Crippen LogP contribution in [-0.2, 0) is 0 Å². The summed E-state index contributed by atoms with van der Waals surface area (Å²) in [6, 6.07) is 14.3. The second kappa shape index (κ2) is 8.31. The summed E-state index contributed by atoms with van der Waals surface area (Å²) < 4.78 is 16.2. The van der Waals surface area contributed by atoms with Gasteiger partial charge < -0.3 is 10.2 Å². The van der Waals surface area contributed by atoms with Gasteiger partial charge in [-0.25, -0.2) is 9.37 Å². The number of hydrogen-bond donors (Lipinski definition) is 1. The van der Waals surface area contributed by atoms with Crippen molar-refractivity contribution in [1.82, 2.24) is 14.9 Å². The lowest BCUT2D eigenvalue weighted by Gasteiger charge is -2.25. The van der Waals surface area contributed by atoms with Gasteiger partial charge >= 0.3 is 0 Å². The summed E-state index contributed by atoms with van der Waals surface area (Å²) in [5, 5.41) is 12.7. The summed E-state index contributed by atoms with van der Waals surface area (Å²) in [6.45, 7) is 5.54. The molecule has 7 heteroatoms. The zero-order valence-electron chi connectivity index (χ0n) is 19.9. The predicted molar refractivity (Wildman–Crippen MR) is 133 cm³/mol. The van der Waals surface area contributed by atoms with E-state index in [1.54, 1.807) is 10.6 Å². The van der Waals surface area contributed by atoms with E-state index in [2.05, 4.69) is 22.3 Å². The molecule has 6 nitrogen and oxygen atoms in total. The molecule has 3 heterocycles. The van der Waals surface area contributed by atoms with E-state index in [1.807, 2.05) is 25.1 Å². The van der Waals surface area contributed by atoms with Gasteiger partial charge in [0.2, 0.25) is 0 Å². The number of benzene rings is 2. The number of anilines is 1. The maximum atomic E-state index is 14.6. The van der Waals surface area contributed by atoms with Crippen molar-refractivity contribution >= 4 is 5.82 Å². The molecule has 1 atom stereocenters. The van der Waals surface area contributed by atoms with Crippen LogP contribution in [0.5, 0.6) is 0 Å². The van der Waals surface area contributed by atoms with Crippen LogP contribution in [0.25, 0.3) is 17.1 Å². The molecule has 2 aliphatic heterocycles. The number of rotatable bonds is 4. The molecule has 1 N–H and O–H groups in total. The molecule has 1 unspecified atom stereocenters. The van der Waals surface area contributed by atoms with Gasteiger partial charge in [0.15, 0.2) is 0 Å². The van der Waals surface area contributed by atoms with Crippen molar-refractivity contribution in [3.8, 4) is 23.1 Å². The molecule has 1 spiro atoms. The van der Waals surface area contributed by atoms with Crippen molar-refractivity contribution in [2.45, 2.75) is 38.5 Å². The van der Waals surface area contributed by atoms with Crippen LogP contribution in [0.15, 0.2) is 47.3 Å². The number of nitrogens with zero attached hydrogens (tertiary/aromatic N) is 4. The van der Waals surface area contributed by atoms with Gasteiger partial charge in [0.05, 0.1) is 16.8 Å². The summed E-state index contributed by atoms with van der Waals surface area (Å²) in [6.07, 6.45) is 4.60. The number of nitriles is 1. The summed E-state index contributed by atoms with van der Waals surface area (Å²) in [5.74, 6) is 1.06. The van der Waals surface area contributed by atoms with E-state index in [4.69, 9.17) is 4.98 Å². The highest BCUT2D eigenvalue weighted by molar-refractivity contribution is 5.64. The topological polar surface area (TPSA) is 74.0 Å². The minimum absolute atomic E-state index is 0.0287. The summed E-state index contributed by atoms with van der Waals surface area (Å²) >= 11 is 0. The molecule has 178 valence electrons. The van der Waals surface area contributed by atoms with Gasteiger partial charge in [-0.15, -0.1) is 0 Å². The van der Waals surface area contributed by atoms with Crippen LogP contribution in [0.2, 0.25) is 0 Å². The molecule has 6 rings (SSSR count). The minimum atomic E-state index is -0.617. The Kier molecular flexibility index (Phi) is 5.23. The fourth-order valence-electron chi connectivity index (χ4n) is 5.65. The Morgan fingerprint density at radius 3 is 2.63 bits per heavy atom. The highest BCUT2D eigenvalue weighted by Crippen LogP contribution is 2.41. The Morgan fingerprint density at radius 2 is 1.97 bits per heavy atom. The van der Waals surface area contributed by atoms with Gasteiger partial charge in [0.1, 0.15) is 23.5 Å². The Morgan fingerprint density at radius 1 is 1.17 bits per heavy atom. The van der Waals surface area contributed by atoms with Crippen LogP contribution in [-0.4, -0.2) is 35.7 Å². The SMILES string of the molecule is Cc1c(N2CCC3(CCNC3)C2)nc(-c2ccc(C#N)c(F)c2)n(-c2ccc(C3CC3)cc2)c1=O. The molecular weight excluding hydrogens is 441 g/mol. The first-order valence-corrected chi connectivity index (χ1v) is 12.4. The van der Waals surface area contributed by atoms with Crippen molar-refractivity contribution in [2.75, 3.05) is 31.1 Å². The Labute approximate surface area is 204 Å². The van der Waals surface area contributed by atoms with Crippen LogP contribution in [0.3, 0.4) is 0 Å². The highest BCUT2D eigenvalue weighted by Gasteiger charge is 2.41. The van der Waals surface area contributed by atoms with E-state index in [9.17, 15) is 14.4 Å². The molecule has 35 heavy (non-hydrogen) atoms. The molecule has 3 aliphatic rings. The normalized spacial score (nSPS) is 21.6. The predicted octanol–water partition coefficient (Wildman–Crippen LogP) is 4.29. The van der Waals surface area contributed by atoms with Gasteiger partial charge in [-0.05, 0) is 81.0 Å². The Bertz CT molecular complexity index is 1390. The maximum Gasteiger partial charge on any atom is 0.263 e. The monoisotopic (exact) mass is 469 g/mol. The van der Waals surface area contributed by atoms with Gasteiger partial charge in [0.25, 0.3) is 5.56 Å². The molecule has 2 aromatic carbocycles. The second-order valence-electron chi connectivity index (χ2n) is 10.3. The molecule has 3 aromatic rings. The summed E-state index contributed by atoms with van der Waals surface area (Å²) in [5.41, 5.74) is 3.10. The molecule has 1 aromatic heterocycles. The number of hydrogen-bond acceptors (Lipinski definition) is 5. The number of halogens is 1. The smallest absolute Gasteiger partial charge is 0.263 e. The zero-order valence-corrected chi connectivity index (χ0v) is 19.9. The third-order valence-electron chi connectivity index (χ3n) is 7.90. The Balaban J connectivity index is 1.50. The van der Waals surface area contributed by atoms with E-state index in [-0.39, 0.29) is 16.5 Å². The van der Waals surface area contributed by atoms with Crippen LogP contribution in [0.1, 0.15) is 48.3 Å². The average Bonchev–Trinajstić information content (AvgIpc) is 3.49.